The summed E-state index contributed by atoms with van der Waals surface area (Å²) in [5.41, 5.74) is 1.19. The minimum atomic E-state index is -0.503. The number of carbonyl (C=O) groups is 1. The van der Waals surface area contributed by atoms with Gasteiger partial charge in [0.05, 0.1) is 19.8 Å². The molecule has 2 heterocycles. The van der Waals surface area contributed by atoms with E-state index in [0.29, 0.717) is 19.5 Å². The minimum Gasteiger partial charge on any atom is -0.468 e. The van der Waals surface area contributed by atoms with Crippen LogP contribution < -0.4 is 0 Å². The van der Waals surface area contributed by atoms with Gasteiger partial charge in [-0.3, -0.25) is 9.69 Å². The number of ether oxygens (including phenoxy) is 1. The number of nitrogens with zero attached hydrogens (tertiary/aromatic N) is 3. The van der Waals surface area contributed by atoms with Crippen LogP contribution >= 0.6 is 0 Å². The van der Waals surface area contributed by atoms with Crippen molar-refractivity contribution in [1.82, 2.24) is 14.5 Å². The van der Waals surface area contributed by atoms with Crippen LogP contribution in [0.25, 0.3) is 0 Å². The Balaban J connectivity index is 1.73. The minimum absolute atomic E-state index is 0.303. The van der Waals surface area contributed by atoms with E-state index < -0.39 is 12.1 Å². The van der Waals surface area contributed by atoms with E-state index in [1.165, 1.54) is 12.7 Å². The van der Waals surface area contributed by atoms with Gasteiger partial charge in [-0.1, -0.05) is 30.3 Å². The number of benzene rings is 1. The maximum absolute atomic E-state index is 11.9. The van der Waals surface area contributed by atoms with Gasteiger partial charge in [0.25, 0.3) is 0 Å². The topological polar surface area (TPSA) is 67.6 Å². The lowest BCUT2D eigenvalue weighted by Crippen LogP contribution is -2.37. The highest BCUT2D eigenvalue weighted by atomic mass is 16.5. The van der Waals surface area contributed by atoms with E-state index in [2.05, 4.69) is 21.7 Å². The van der Waals surface area contributed by atoms with Gasteiger partial charge < -0.3 is 14.4 Å². The van der Waals surface area contributed by atoms with Gasteiger partial charge in [0.1, 0.15) is 11.9 Å². The average molecular weight is 315 g/mol. The molecule has 6 nitrogen and oxygen atoms in total. The van der Waals surface area contributed by atoms with Crippen molar-refractivity contribution in [2.45, 2.75) is 31.7 Å². The van der Waals surface area contributed by atoms with E-state index in [9.17, 15) is 9.90 Å². The van der Waals surface area contributed by atoms with Gasteiger partial charge >= 0.3 is 5.97 Å². The van der Waals surface area contributed by atoms with Gasteiger partial charge in [0.15, 0.2) is 0 Å². The highest BCUT2D eigenvalue weighted by Gasteiger charge is 2.37. The monoisotopic (exact) mass is 315 g/mol. The van der Waals surface area contributed by atoms with Gasteiger partial charge in [-0.25, -0.2) is 4.98 Å². The molecule has 1 aliphatic rings. The Labute approximate surface area is 135 Å². The molecule has 0 spiro atoms. The summed E-state index contributed by atoms with van der Waals surface area (Å²) in [5.74, 6) is 0.569. The maximum atomic E-state index is 11.9. The van der Waals surface area contributed by atoms with Crippen molar-refractivity contribution < 1.29 is 14.6 Å². The molecule has 1 aromatic carbocycles. The summed E-state index contributed by atoms with van der Waals surface area (Å²) >= 11 is 0. The number of rotatable bonds is 5. The molecular formula is C17H21N3O3. The predicted molar refractivity (Wildman–Crippen MR) is 84.6 cm³/mol. The molecule has 122 valence electrons. The second-order valence-electron chi connectivity index (χ2n) is 5.81. The van der Waals surface area contributed by atoms with Crippen molar-refractivity contribution in [3.05, 3.63) is 54.1 Å². The van der Waals surface area contributed by atoms with Crippen LogP contribution in [0.3, 0.4) is 0 Å². The molecule has 3 rings (SSSR count). The Hall–Kier alpha value is -2.18. The van der Waals surface area contributed by atoms with Crippen LogP contribution in [0.1, 0.15) is 17.8 Å². The van der Waals surface area contributed by atoms with Crippen LogP contribution in [0.2, 0.25) is 0 Å². The Bertz CT molecular complexity index is 656. The third-order valence-electron chi connectivity index (χ3n) is 4.20. The molecule has 1 N–H and O–H groups in total. The van der Waals surface area contributed by atoms with Crippen molar-refractivity contribution >= 4 is 5.97 Å². The van der Waals surface area contributed by atoms with E-state index in [4.69, 9.17) is 4.74 Å². The number of carbonyl (C=O) groups excluding carboxylic acids is 1. The fourth-order valence-electron chi connectivity index (χ4n) is 3.03. The van der Waals surface area contributed by atoms with Crippen molar-refractivity contribution in [3.8, 4) is 0 Å². The highest BCUT2D eigenvalue weighted by molar-refractivity contribution is 5.76. The first-order valence-corrected chi connectivity index (χ1v) is 7.71. The zero-order valence-electron chi connectivity index (χ0n) is 13.1. The summed E-state index contributed by atoms with van der Waals surface area (Å²) in [6.07, 6.45) is 3.60. The second kappa shape index (κ2) is 6.93. The molecule has 1 aliphatic heterocycles. The first-order chi connectivity index (χ1) is 11.2. The molecular weight excluding hydrogens is 294 g/mol. The first-order valence-electron chi connectivity index (χ1n) is 7.71. The molecule has 23 heavy (non-hydrogen) atoms. The van der Waals surface area contributed by atoms with Crippen LogP contribution in [0, 0.1) is 0 Å². The molecule has 1 fully saturated rings. The fourth-order valence-corrected chi connectivity index (χ4v) is 3.03. The summed E-state index contributed by atoms with van der Waals surface area (Å²) in [5, 5.41) is 9.87. The number of hydrogen-bond acceptors (Lipinski definition) is 5. The van der Waals surface area contributed by atoms with Crippen LogP contribution in [-0.2, 0) is 22.6 Å². The van der Waals surface area contributed by atoms with E-state index in [-0.39, 0.29) is 5.97 Å². The van der Waals surface area contributed by atoms with Crippen molar-refractivity contribution in [3.63, 3.8) is 0 Å². The van der Waals surface area contributed by atoms with E-state index >= 15 is 0 Å². The van der Waals surface area contributed by atoms with Gasteiger partial charge in [-0.05, 0) is 5.56 Å². The largest absolute Gasteiger partial charge is 0.468 e. The SMILES string of the molecule is COC(=O)[C@H]1C[C@H](O)CN1Cc1nccn1Cc1ccccc1. The summed E-state index contributed by atoms with van der Waals surface area (Å²) < 4.78 is 6.90. The van der Waals surface area contributed by atoms with E-state index in [1.54, 1.807) is 6.20 Å². The zero-order valence-corrected chi connectivity index (χ0v) is 13.1. The van der Waals surface area contributed by atoms with Crippen LogP contribution in [0.5, 0.6) is 0 Å². The van der Waals surface area contributed by atoms with Crippen molar-refractivity contribution in [2.75, 3.05) is 13.7 Å². The van der Waals surface area contributed by atoms with E-state index in [1.807, 2.05) is 29.3 Å². The Kier molecular flexibility index (Phi) is 4.73. The third-order valence-corrected chi connectivity index (χ3v) is 4.20. The Morgan fingerprint density at radius 2 is 2.13 bits per heavy atom. The third kappa shape index (κ3) is 3.60. The van der Waals surface area contributed by atoms with Crippen molar-refractivity contribution in [1.29, 1.82) is 0 Å². The molecule has 0 bridgehead atoms. The van der Waals surface area contributed by atoms with Crippen LogP contribution in [-0.4, -0.2) is 51.3 Å². The Morgan fingerprint density at radius 3 is 2.87 bits per heavy atom. The standard InChI is InChI=1S/C17H21N3O3/c1-23-17(22)15-9-14(21)11-20(15)12-16-18-7-8-19(16)10-13-5-3-2-4-6-13/h2-8,14-15,21H,9-12H2,1H3/t14-,15+/m0/s1. The van der Waals surface area contributed by atoms with Crippen LogP contribution in [0.15, 0.2) is 42.7 Å². The molecule has 0 saturated carbocycles. The number of likely N-dealkylation sites (tertiary alicyclic amines) is 1. The average Bonchev–Trinajstić information content (AvgIpc) is 3.15. The van der Waals surface area contributed by atoms with E-state index in [0.717, 1.165) is 12.4 Å². The Morgan fingerprint density at radius 1 is 1.35 bits per heavy atom. The molecule has 2 aromatic rings. The van der Waals surface area contributed by atoms with Gasteiger partial charge in [-0.2, -0.15) is 0 Å². The number of aromatic nitrogens is 2. The highest BCUT2D eigenvalue weighted by Crippen LogP contribution is 2.21. The lowest BCUT2D eigenvalue weighted by molar-refractivity contribution is -0.146. The lowest BCUT2D eigenvalue weighted by atomic mass is 10.2. The summed E-state index contributed by atoms with van der Waals surface area (Å²) in [6, 6.07) is 9.75. The molecule has 0 radical (unpaired) electrons. The van der Waals surface area contributed by atoms with Gasteiger partial charge in [-0.15, -0.1) is 0 Å². The zero-order chi connectivity index (χ0) is 16.2. The second-order valence-corrected chi connectivity index (χ2v) is 5.81. The quantitative estimate of drug-likeness (QED) is 0.835. The number of hydrogen-bond donors (Lipinski definition) is 1. The fraction of sp³-hybridized carbons (Fsp3) is 0.412. The number of methoxy groups -OCH3 is 1. The predicted octanol–water partition coefficient (Wildman–Crippen LogP) is 1.04. The molecule has 2 atom stereocenters. The number of β-amino-alcohol motifs (C(OH)–C–C–N with tert-alkyl or cyclic N) is 1. The van der Waals surface area contributed by atoms with Crippen molar-refractivity contribution in [2.24, 2.45) is 0 Å². The summed E-state index contributed by atoms with van der Waals surface area (Å²) in [6.45, 7) is 1.70. The maximum Gasteiger partial charge on any atom is 0.323 e. The molecule has 1 saturated heterocycles. The smallest absolute Gasteiger partial charge is 0.323 e. The number of aliphatic hydroxyl groups excluding tert-OH is 1. The molecule has 6 heteroatoms. The van der Waals surface area contributed by atoms with Crippen LogP contribution in [0.4, 0.5) is 0 Å². The molecule has 0 aliphatic carbocycles. The number of imidazole rings is 1. The summed E-state index contributed by atoms with van der Waals surface area (Å²) in [4.78, 5) is 18.2. The first kappa shape index (κ1) is 15.7. The molecule has 0 amide bonds. The van der Waals surface area contributed by atoms with Gasteiger partial charge in [0, 0.05) is 31.9 Å². The number of aliphatic hydroxyl groups is 1. The number of esters is 1. The summed E-state index contributed by atoms with van der Waals surface area (Å²) in [7, 11) is 1.38. The normalized spacial score (nSPS) is 21.5. The van der Waals surface area contributed by atoms with Gasteiger partial charge in [0.2, 0.25) is 0 Å². The molecule has 1 aromatic heterocycles. The molecule has 0 unspecified atom stereocenters. The lowest BCUT2D eigenvalue weighted by Gasteiger charge is -2.22.